The van der Waals surface area contributed by atoms with Gasteiger partial charge in [-0.3, -0.25) is 0 Å². The van der Waals surface area contributed by atoms with E-state index < -0.39 is 0 Å². The molecule has 19 heavy (non-hydrogen) atoms. The number of methoxy groups -OCH3 is 1. The molecule has 1 aromatic carbocycles. The first kappa shape index (κ1) is 14.4. The number of benzene rings is 1. The molecule has 1 saturated carbocycles. The van der Waals surface area contributed by atoms with E-state index in [4.69, 9.17) is 4.74 Å². The van der Waals surface area contributed by atoms with Crippen molar-refractivity contribution in [1.82, 2.24) is 5.32 Å². The summed E-state index contributed by atoms with van der Waals surface area (Å²) in [7, 11) is 1.71. The molecule has 0 radical (unpaired) electrons. The molecule has 1 aliphatic carbocycles. The summed E-state index contributed by atoms with van der Waals surface area (Å²) >= 11 is 0. The fourth-order valence-electron chi connectivity index (χ4n) is 3.15. The quantitative estimate of drug-likeness (QED) is 0.852. The van der Waals surface area contributed by atoms with Gasteiger partial charge in [0.25, 0.3) is 0 Å². The summed E-state index contributed by atoms with van der Waals surface area (Å²) in [5.41, 5.74) is 1.34. The topological polar surface area (TPSA) is 21.3 Å². The van der Waals surface area contributed by atoms with E-state index in [1.807, 2.05) is 12.1 Å². The van der Waals surface area contributed by atoms with Crippen LogP contribution in [0, 0.1) is 5.92 Å². The van der Waals surface area contributed by atoms with Crippen molar-refractivity contribution < 1.29 is 4.74 Å². The van der Waals surface area contributed by atoms with Crippen molar-refractivity contribution in [3.63, 3.8) is 0 Å². The van der Waals surface area contributed by atoms with Crippen LogP contribution in [0.2, 0.25) is 0 Å². The van der Waals surface area contributed by atoms with Crippen LogP contribution in [0.5, 0.6) is 5.75 Å². The molecule has 1 unspecified atom stereocenters. The third-order valence-corrected chi connectivity index (χ3v) is 4.49. The van der Waals surface area contributed by atoms with Gasteiger partial charge in [-0.1, -0.05) is 31.4 Å². The van der Waals surface area contributed by atoms with E-state index >= 15 is 0 Å². The van der Waals surface area contributed by atoms with Crippen molar-refractivity contribution in [3.8, 4) is 5.75 Å². The van der Waals surface area contributed by atoms with Crippen LogP contribution in [-0.4, -0.2) is 13.2 Å². The van der Waals surface area contributed by atoms with Gasteiger partial charge in [0.2, 0.25) is 0 Å². The molecular weight excluding hydrogens is 234 g/mol. The number of nitrogens with one attached hydrogen (secondary N) is 1. The molecule has 1 aliphatic rings. The maximum atomic E-state index is 5.20. The molecule has 0 heterocycles. The Hall–Kier alpha value is -1.02. The van der Waals surface area contributed by atoms with Gasteiger partial charge in [-0.05, 0) is 50.3 Å². The summed E-state index contributed by atoms with van der Waals surface area (Å²) in [4.78, 5) is 0. The molecule has 2 nitrogen and oxygen atoms in total. The predicted molar refractivity (Wildman–Crippen MR) is 80.6 cm³/mol. The zero-order valence-corrected chi connectivity index (χ0v) is 12.5. The van der Waals surface area contributed by atoms with Crippen LogP contribution >= 0.6 is 0 Å². The van der Waals surface area contributed by atoms with Gasteiger partial charge in [0, 0.05) is 12.1 Å². The van der Waals surface area contributed by atoms with E-state index in [2.05, 4.69) is 31.3 Å². The van der Waals surface area contributed by atoms with E-state index in [1.165, 1.54) is 37.7 Å². The Labute approximate surface area is 117 Å². The Bertz CT molecular complexity index is 367. The van der Waals surface area contributed by atoms with Crippen LogP contribution in [-0.2, 0) is 0 Å². The Morgan fingerprint density at radius 2 is 1.68 bits per heavy atom. The molecule has 2 heteroatoms. The minimum atomic E-state index is 0.405. The smallest absolute Gasteiger partial charge is 0.118 e. The lowest BCUT2D eigenvalue weighted by Crippen LogP contribution is -2.36. The van der Waals surface area contributed by atoms with Crippen LogP contribution in [0.4, 0.5) is 0 Å². The summed E-state index contributed by atoms with van der Waals surface area (Å²) in [6, 6.07) is 9.41. The molecule has 2 atom stereocenters. The summed E-state index contributed by atoms with van der Waals surface area (Å²) in [5, 5.41) is 3.76. The third-order valence-electron chi connectivity index (χ3n) is 4.49. The molecule has 0 bridgehead atoms. The lowest BCUT2D eigenvalue weighted by atomic mass is 9.84. The van der Waals surface area contributed by atoms with Crippen LogP contribution in [0.3, 0.4) is 0 Å². The molecule has 1 N–H and O–H groups in total. The lowest BCUT2D eigenvalue weighted by molar-refractivity contribution is 0.268. The first-order valence-corrected chi connectivity index (χ1v) is 7.60. The second-order valence-corrected chi connectivity index (χ2v) is 5.85. The van der Waals surface area contributed by atoms with Crippen LogP contribution in [0.25, 0.3) is 0 Å². The average Bonchev–Trinajstić information content (AvgIpc) is 2.48. The third kappa shape index (κ3) is 3.97. The van der Waals surface area contributed by atoms with Gasteiger partial charge in [-0.2, -0.15) is 0 Å². The molecule has 0 amide bonds. The Balaban J connectivity index is 1.89. The van der Waals surface area contributed by atoms with E-state index in [0.717, 1.165) is 11.7 Å². The van der Waals surface area contributed by atoms with Crippen LogP contribution < -0.4 is 10.1 Å². The van der Waals surface area contributed by atoms with Crippen molar-refractivity contribution in [3.05, 3.63) is 29.8 Å². The zero-order chi connectivity index (χ0) is 13.7. The molecule has 0 spiro atoms. The highest BCUT2D eigenvalue weighted by atomic mass is 16.5. The molecular formula is C17H27NO. The zero-order valence-electron chi connectivity index (χ0n) is 12.5. The summed E-state index contributed by atoms with van der Waals surface area (Å²) in [5.74, 6) is 1.78. The standard InChI is InChI=1S/C17H27NO/c1-13(15-7-5-4-6-8-15)18-14(2)16-9-11-17(19-3)12-10-16/h9-15,18H,4-8H2,1-3H3/t13-,14?/m1/s1. The van der Waals surface area contributed by atoms with Gasteiger partial charge in [-0.25, -0.2) is 0 Å². The second kappa shape index (κ2) is 6.95. The van der Waals surface area contributed by atoms with Gasteiger partial charge < -0.3 is 10.1 Å². The van der Waals surface area contributed by atoms with Crippen LogP contribution in [0.1, 0.15) is 57.6 Å². The van der Waals surface area contributed by atoms with E-state index in [9.17, 15) is 0 Å². The van der Waals surface area contributed by atoms with Crippen molar-refractivity contribution in [2.45, 2.75) is 58.0 Å². The Kier molecular flexibility index (Phi) is 5.26. The summed E-state index contributed by atoms with van der Waals surface area (Å²) in [6.45, 7) is 4.59. The Morgan fingerprint density at radius 3 is 2.26 bits per heavy atom. The highest BCUT2D eigenvalue weighted by Gasteiger charge is 2.21. The molecule has 106 valence electrons. The maximum absolute atomic E-state index is 5.20. The van der Waals surface area contributed by atoms with E-state index in [-0.39, 0.29) is 0 Å². The van der Waals surface area contributed by atoms with Crippen LogP contribution in [0.15, 0.2) is 24.3 Å². The van der Waals surface area contributed by atoms with Crippen molar-refractivity contribution >= 4 is 0 Å². The highest BCUT2D eigenvalue weighted by molar-refractivity contribution is 5.28. The minimum absolute atomic E-state index is 0.405. The molecule has 1 fully saturated rings. The van der Waals surface area contributed by atoms with Crippen molar-refractivity contribution in [2.24, 2.45) is 5.92 Å². The van der Waals surface area contributed by atoms with Gasteiger partial charge in [-0.15, -0.1) is 0 Å². The number of rotatable bonds is 5. The van der Waals surface area contributed by atoms with Gasteiger partial charge in [0.15, 0.2) is 0 Å². The average molecular weight is 261 g/mol. The predicted octanol–water partition coefficient (Wildman–Crippen LogP) is 4.31. The number of hydrogen-bond acceptors (Lipinski definition) is 2. The largest absolute Gasteiger partial charge is 0.497 e. The highest BCUT2D eigenvalue weighted by Crippen LogP contribution is 2.28. The van der Waals surface area contributed by atoms with Gasteiger partial charge in [0.05, 0.1) is 7.11 Å². The fourth-order valence-corrected chi connectivity index (χ4v) is 3.15. The van der Waals surface area contributed by atoms with Gasteiger partial charge in [0.1, 0.15) is 5.75 Å². The number of hydrogen-bond donors (Lipinski definition) is 1. The second-order valence-electron chi connectivity index (χ2n) is 5.85. The molecule has 2 rings (SSSR count). The summed E-state index contributed by atoms with van der Waals surface area (Å²) < 4.78 is 5.20. The fraction of sp³-hybridized carbons (Fsp3) is 0.647. The van der Waals surface area contributed by atoms with Crippen molar-refractivity contribution in [2.75, 3.05) is 7.11 Å². The summed E-state index contributed by atoms with van der Waals surface area (Å²) in [6.07, 6.45) is 7.03. The lowest BCUT2D eigenvalue weighted by Gasteiger charge is -2.30. The number of ether oxygens (including phenoxy) is 1. The SMILES string of the molecule is COc1ccc(C(C)N[C@H](C)C2CCCCC2)cc1. The van der Waals surface area contributed by atoms with E-state index in [0.29, 0.717) is 12.1 Å². The van der Waals surface area contributed by atoms with E-state index in [1.54, 1.807) is 7.11 Å². The molecule has 1 aromatic rings. The molecule has 0 aromatic heterocycles. The minimum Gasteiger partial charge on any atom is -0.497 e. The normalized spacial score (nSPS) is 19.9. The van der Waals surface area contributed by atoms with Crippen molar-refractivity contribution in [1.29, 1.82) is 0 Å². The van der Waals surface area contributed by atoms with Gasteiger partial charge >= 0.3 is 0 Å². The first-order valence-electron chi connectivity index (χ1n) is 7.60. The monoisotopic (exact) mass is 261 g/mol. The molecule has 0 aliphatic heterocycles. The molecule has 0 saturated heterocycles. The maximum Gasteiger partial charge on any atom is 0.118 e. The Morgan fingerprint density at radius 1 is 1.05 bits per heavy atom. The first-order chi connectivity index (χ1) is 9.20.